The number of alkyl halides is 6. The Balaban J connectivity index is 1.57. The maximum atomic E-state index is 12.9. The minimum atomic E-state index is -4.57. The molecule has 0 radical (unpaired) electrons. The molecule has 0 aliphatic carbocycles. The number of hydrogen-bond donors (Lipinski definition) is 1. The monoisotopic (exact) mass is 465 g/mol. The van der Waals surface area contributed by atoms with Gasteiger partial charge in [-0.2, -0.15) is 26.3 Å². The number of nitrogens with zero attached hydrogens (tertiary/aromatic N) is 2. The van der Waals surface area contributed by atoms with Crippen LogP contribution in [0.4, 0.5) is 36.8 Å². The molecule has 0 aromatic heterocycles. The molecule has 1 saturated heterocycles. The minimum absolute atomic E-state index is 0.0236. The first-order valence-electron chi connectivity index (χ1n) is 9.24. The lowest BCUT2D eigenvalue weighted by Gasteiger charge is -2.34. The summed E-state index contributed by atoms with van der Waals surface area (Å²) < 4.78 is 77.2. The SMILES string of the molecule is O=C(Nc1cc(C(F)(F)F)ccc1Cl)N1CCN(Cc2cccc(C(F)(F)F)c2)CC1. The van der Waals surface area contributed by atoms with E-state index in [-0.39, 0.29) is 23.8 Å². The van der Waals surface area contributed by atoms with Gasteiger partial charge in [-0.3, -0.25) is 4.90 Å². The van der Waals surface area contributed by atoms with E-state index in [1.54, 1.807) is 6.07 Å². The highest BCUT2D eigenvalue weighted by Gasteiger charge is 2.32. The fourth-order valence-electron chi connectivity index (χ4n) is 3.20. The first kappa shape index (κ1) is 23.2. The van der Waals surface area contributed by atoms with Crippen molar-refractivity contribution in [1.82, 2.24) is 9.80 Å². The van der Waals surface area contributed by atoms with Gasteiger partial charge in [-0.25, -0.2) is 4.79 Å². The first-order chi connectivity index (χ1) is 14.4. The summed E-state index contributed by atoms with van der Waals surface area (Å²) in [6, 6.07) is 7.10. The number of piperazine rings is 1. The van der Waals surface area contributed by atoms with Gasteiger partial charge in [0.15, 0.2) is 0 Å². The summed E-state index contributed by atoms with van der Waals surface area (Å²) in [5.74, 6) is 0. The molecule has 0 unspecified atom stereocenters. The maximum absolute atomic E-state index is 12.9. The van der Waals surface area contributed by atoms with Crippen molar-refractivity contribution in [1.29, 1.82) is 0 Å². The van der Waals surface area contributed by atoms with Crippen LogP contribution in [0.3, 0.4) is 0 Å². The van der Waals surface area contributed by atoms with Crippen molar-refractivity contribution < 1.29 is 31.1 Å². The smallest absolute Gasteiger partial charge is 0.322 e. The molecular formula is C20H18ClF6N3O. The van der Waals surface area contributed by atoms with Crippen molar-refractivity contribution in [3.63, 3.8) is 0 Å². The van der Waals surface area contributed by atoms with E-state index in [4.69, 9.17) is 11.6 Å². The number of urea groups is 1. The van der Waals surface area contributed by atoms with Crippen LogP contribution in [-0.2, 0) is 18.9 Å². The quantitative estimate of drug-likeness (QED) is 0.588. The summed E-state index contributed by atoms with van der Waals surface area (Å²) in [5, 5.41) is 2.37. The second-order valence-electron chi connectivity index (χ2n) is 7.08. The summed E-state index contributed by atoms with van der Waals surface area (Å²) in [6.07, 6.45) is -8.99. The average Bonchev–Trinajstić information content (AvgIpc) is 2.69. The molecule has 1 aliphatic rings. The summed E-state index contributed by atoms with van der Waals surface area (Å²) in [5.41, 5.74) is -1.30. The molecule has 0 spiro atoms. The van der Waals surface area contributed by atoms with E-state index in [1.165, 1.54) is 11.0 Å². The molecule has 3 rings (SSSR count). The van der Waals surface area contributed by atoms with Crippen LogP contribution in [0, 0.1) is 0 Å². The molecule has 1 fully saturated rings. The third-order valence-electron chi connectivity index (χ3n) is 4.86. The Labute approximate surface area is 179 Å². The molecule has 168 valence electrons. The van der Waals surface area contributed by atoms with Gasteiger partial charge in [-0.05, 0) is 29.8 Å². The van der Waals surface area contributed by atoms with Crippen molar-refractivity contribution >= 4 is 23.3 Å². The molecule has 2 aromatic carbocycles. The fraction of sp³-hybridized carbons (Fsp3) is 0.350. The number of carbonyl (C=O) groups excluding carboxylic acids is 1. The summed E-state index contributed by atoms with van der Waals surface area (Å²) in [4.78, 5) is 15.7. The number of hydrogen-bond acceptors (Lipinski definition) is 2. The Hall–Kier alpha value is -2.46. The number of rotatable bonds is 3. The summed E-state index contributed by atoms with van der Waals surface area (Å²) >= 11 is 5.90. The fourth-order valence-corrected chi connectivity index (χ4v) is 3.37. The van der Waals surface area contributed by atoms with Gasteiger partial charge in [0.05, 0.1) is 21.8 Å². The van der Waals surface area contributed by atoms with Gasteiger partial charge in [0.1, 0.15) is 0 Å². The van der Waals surface area contributed by atoms with Crippen molar-refractivity contribution in [3.8, 4) is 0 Å². The average molecular weight is 466 g/mol. The molecule has 4 nitrogen and oxygen atoms in total. The van der Waals surface area contributed by atoms with Gasteiger partial charge >= 0.3 is 18.4 Å². The molecular weight excluding hydrogens is 448 g/mol. The molecule has 31 heavy (non-hydrogen) atoms. The highest BCUT2D eigenvalue weighted by molar-refractivity contribution is 6.33. The summed E-state index contributed by atoms with van der Waals surface area (Å²) in [7, 11) is 0. The number of benzene rings is 2. The zero-order valence-electron chi connectivity index (χ0n) is 16.0. The zero-order valence-corrected chi connectivity index (χ0v) is 16.8. The van der Waals surface area contributed by atoms with Gasteiger partial charge in [-0.1, -0.05) is 29.8 Å². The van der Waals surface area contributed by atoms with Gasteiger partial charge in [0.2, 0.25) is 0 Å². The highest BCUT2D eigenvalue weighted by atomic mass is 35.5. The number of anilines is 1. The van der Waals surface area contributed by atoms with Crippen molar-refractivity contribution in [2.24, 2.45) is 0 Å². The van der Waals surface area contributed by atoms with E-state index >= 15 is 0 Å². The van der Waals surface area contributed by atoms with E-state index in [1.807, 2.05) is 4.90 Å². The van der Waals surface area contributed by atoms with Gasteiger partial charge in [0, 0.05) is 32.7 Å². The predicted molar refractivity (Wildman–Crippen MR) is 104 cm³/mol. The normalized spacial score (nSPS) is 15.8. The van der Waals surface area contributed by atoms with Crippen LogP contribution < -0.4 is 5.32 Å². The van der Waals surface area contributed by atoms with E-state index in [0.29, 0.717) is 25.2 Å². The van der Waals surface area contributed by atoms with E-state index in [0.717, 1.165) is 30.3 Å². The Kier molecular flexibility index (Phi) is 6.70. The van der Waals surface area contributed by atoms with Crippen molar-refractivity contribution in [2.45, 2.75) is 18.9 Å². The van der Waals surface area contributed by atoms with Crippen molar-refractivity contribution in [2.75, 3.05) is 31.5 Å². The lowest BCUT2D eigenvalue weighted by atomic mass is 10.1. The van der Waals surface area contributed by atoms with Gasteiger partial charge < -0.3 is 10.2 Å². The Morgan fingerprint density at radius 3 is 2.13 bits per heavy atom. The second-order valence-corrected chi connectivity index (χ2v) is 7.49. The maximum Gasteiger partial charge on any atom is 0.416 e. The topological polar surface area (TPSA) is 35.6 Å². The molecule has 1 N–H and O–H groups in total. The molecule has 2 aromatic rings. The first-order valence-corrected chi connectivity index (χ1v) is 9.62. The molecule has 1 heterocycles. The lowest BCUT2D eigenvalue weighted by Crippen LogP contribution is -2.49. The van der Waals surface area contributed by atoms with E-state index < -0.39 is 29.5 Å². The van der Waals surface area contributed by atoms with Gasteiger partial charge in [0.25, 0.3) is 0 Å². The van der Waals surface area contributed by atoms with Crippen LogP contribution >= 0.6 is 11.6 Å². The van der Waals surface area contributed by atoms with Crippen LogP contribution in [0.15, 0.2) is 42.5 Å². The number of amides is 2. The molecule has 2 amide bonds. The molecule has 11 heteroatoms. The minimum Gasteiger partial charge on any atom is -0.322 e. The standard InChI is InChI=1S/C20H18ClF6N3O/c21-16-5-4-15(20(25,26)27)11-17(16)28-18(31)30-8-6-29(7-9-30)12-13-2-1-3-14(10-13)19(22,23)24/h1-5,10-11H,6-9,12H2,(H,28,31). The lowest BCUT2D eigenvalue weighted by molar-refractivity contribution is -0.138. The van der Waals surface area contributed by atoms with Gasteiger partial charge in [-0.15, -0.1) is 0 Å². The summed E-state index contributed by atoms with van der Waals surface area (Å²) in [6.45, 7) is 1.63. The van der Waals surface area contributed by atoms with Crippen LogP contribution in [0.5, 0.6) is 0 Å². The molecule has 1 aliphatic heterocycles. The Morgan fingerprint density at radius 2 is 1.52 bits per heavy atom. The number of carbonyl (C=O) groups is 1. The highest BCUT2D eigenvalue weighted by Crippen LogP contribution is 2.34. The van der Waals surface area contributed by atoms with Crippen molar-refractivity contribution in [3.05, 3.63) is 64.2 Å². The van der Waals surface area contributed by atoms with Crippen LogP contribution in [0.2, 0.25) is 5.02 Å². The van der Waals surface area contributed by atoms with E-state index in [2.05, 4.69) is 5.32 Å². The third kappa shape index (κ3) is 6.04. The zero-order chi connectivity index (χ0) is 22.8. The largest absolute Gasteiger partial charge is 0.416 e. The third-order valence-corrected chi connectivity index (χ3v) is 5.18. The molecule has 0 atom stereocenters. The predicted octanol–water partition coefficient (Wildman–Crippen LogP) is 5.73. The van der Waals surface area contributed by atoms with E-state index in [9.17, 15) is 31.1 Å². The second kappa shape index (κ2) is 8.96. The number of nitrogens with one attached hydrogen (secondary N) is 1. The number of halogens is 7. The van der Waals surface area contributed by atoms with Crippen LogP contribution in [0.25, 0.3) is 0 Å². The Morgan fingerprint density at radius 1 is 0.903 bits per heavy atom. The molecule has 0 saturated carbocycles. The Bertz CT molecular complexity index is 939. The van der Waals surface area contributed by atoms with Crippen LogP contribution in [0.1, 0.15) is 16.7 Å². The molecule has 0 bridgehead atoms. The van der Waals surface area contributed by atoms with Crippen LogP contribution in [-0.4, -0.2) is 42.0 Å².